The van der Waals surface area contributed by atoms with Crippen LogP contribution in [-0.2, 0) is 0 Å². The number of aliphatic hydroxyl groups excluding tert-OH is 1. The summed E-state index contributed by atoms with van der Waals surface area (Å²) in [5.74, 6) is 0.155. The molecule has 2 aromatic rings. The highest BCUT2D eigenvalue weighted by atomic mass is 16.6. The van der Waals surface area contributed by atoms with E-state index in [0.717, 1.165) is 5.56 Å². The van der Waals surface area contributed by atoms with Crippen LogP contribution in [0.25, 0.3) is 0 Å². The van der Waals surface area contributed by atoms with Crippen molar-refractivity contribution in [3.63, 3.8) is 0 Å². The number of hydrogen-bond donors (Lipinski definition) is 2. The van der Waals surface area contributed by atoms with E-state index in [9.17, 15) is 15.2 Å². The molecular weight excluding hydrogens is 246 g/mol. The molecule has 2 rings (SSSR count). The van der Waals surface area contributed by atoms with Crippen molar-refractivity contribution in [1.29, 1.82) is 0 Å². The van der Waals surface area contributed by atoms with Crippen LogP contribution in [0.3, 0.4) is 0 Å². The molecule has 1 heterocycles. The van der Waals surface area contributed by atoms with Gasteiger partial charge in [0.15, 0.2) is 0 Å². The summed E-state index contributed by atoms with van der Waals surface area (Å²) in [6.45, 7) is 0.155. The van der Waals surface area contributed by atoms with E-state index in [-0.39, 0.29) is 18.1 Å². The molecule has 1 aromatic heterocycles. The average Bonchev–Trinajstić information content (AvgIpc) is 2.46. The number of benzene rings is 1. The highest BCUT2D eigenvalue weighted by Crippen LogP contribution is 2.21. The van der Waals surface area contributed by atoms with Gasteiger partial charge < -0.3 is 10.4 Å². The summed E-state index contributed by atoms with van der Waals surface area (Å²) in [5, 5.41) is 23.5. The second kappa shape index (κ2) is 5.92. The first-order valence-electron chi connectivity index (χ1n) is 5.75. The van der Waals surface area contributed by atoms with Gasteiger partial charge >= 0.3 is 5.69 Å². The molecule has 0 amide bonds. The Morgan fingerprint density at radius 1 is 1.26 bits per heavy atom. The molecule has 0 bridgehead atoms. The Morgan fingerprint density at radius 3 is 2.68 bits per heavy atom. The fourth-order valence-electron chi connectivity index (χ4n) is 1.67. The minimum absolute atomic E-state index is 0.109. The molecule has 0 fully saturated rings. The lowest BCUT2D eigenvalue weighted by Gasteiger charge is -2.12. The van der Waals surface area contributed by atoms with Crippen LogP contribution < -0.4 is 5.32 Å². The number of aliphatic hydroxyl groups is 1. The van der Waals surface area contributed by atoms with Crippen LogP contribution in [0, 0.1) is 10.1 Å². The minimum Gasteiger partial charge on any atom is -0.387 e. The number of nitro groups is 1. The predicted octanol–water partition coefficient (Wildman–Crippen LogP) is 2.14. The van der Waals surface area contributed by atoms with Crippen LogP contribution in [-0.4, -0.2) is 21.6 Å². The fraction of sp³-hybridized carbons (Fsp3) is 0.154. The zero-order chi connectivity index (χ0) is 13.7. The van der Waals surface area contributed by atoms with Crippen LogP contribution in [0.1, 0.15) is 11.7 Å². The number of pyridine rings is 1. The first-order valence-corrected chi connectivity index (χ1v) is 5.75. The third kappa shape index (κ3) is 3.26. The number of anilines is 1. The maximum Gasteiger partial charge on any atom is 0.311 e. The Hall–Kier alpha value is -2.47. The molecule has 0 aliphatic carbocycles. The van der Waals surface area contributed by atoms with E-state index in [1.165, 1.54) is 18.3 Å². The monoisotopic (exact) mass is 259 g/mol. The van der Waals surface area contributed by atoms with E-state index in [4.69, 9.17) is 0 Å². The van der Waals surface area contributed by atoms with Crippen molar-refractivity contribution in [2.45, 2.75) is 6.10 Å². The van der Waals surface area contributed by atoms with Gasteiger partial charge in [-0.05, 0) is 11.6 Å². The van der Waals surface area contributed by atoms with E-state index < -0.39 is 11.0 Å². The van der Waals surface area contributed by atoms with Gasteiger partial charge in [0.2, 0.25) is 5.82 Å². The van der Waals surface area contributed by atoms with E-state index in [0.29, 0.717) is 0 Å². The van der Waals surface area contributed by atoms with Gasteiger partial charge in [-0.2, -0.15) is 0 Å². The van der Waals surface area contributed by atoms with Crippen LogP contribution >= 0.6 is 0 Å². The van der Waals surface area contributed by atoms with Gasteiger partial charge in [-0.15, -0.1) is 0 Å². The largest absolute Gasteiger partial charge is 0.387 e. The molecule has 98 valence electrons. The maximum atomic E-state index is 10.8. The predicted molar refractivity (Wildman–Crippen MR) is 70.8 cm³/mol. The quantitative estimate of drug-likeness (QED) is 0.634. The summed E-state index contributed by atoms with van der Waals surface area (Å²) in [4.78, 5) is 14.2. The third-order valence-corrected chi connectivity index (χ3v) is 2.63. The third-order valence-electron chi connectivity index (χ3n) is 2.63. The Labute approximate surface area is 109 Å². The first-order chi connectivity index (χ1) is 9.18. The zero-order valence-corrected chi connectivity index (χ0v) is 10.1. The Bertz CT molecular complexity index is 560. The summed E-state index contributed by atoms with van der Waals surface area (Å²) in [7, 11) is 0. The lowest BCUT2D eigenvalue weighted by molar-refractivity contribution is -0.384. The van der Waals surface area contributed by atoms with Crippen LogP contribution in [0.2, 0.25) is 0 Å². The summed E-state index contributed by atoms with van der Waals surface area (Å²) >= 11 is 0. The van der Waals surface area contributed by atoms with Crippen LogP contribution in [0.5, 0.6) is 0 Å². The molecule has 0 aliphatic rings. The first kappa shape index (κ1) is 13.0. The van der Waals surface area contributed by atoms with Crippen molar-refractivity contribution in [2.24, 2.45) is 0 Å². The summed E-state index contributed by atoms with van der Waals surface area (Å²) in [6, 6.07) is 11.9. The van der Waals surface area contributed by atoms with Gasteiger partial charge in [0.05, 0.1) is 11.0 Å². The fourth-order valence-corrected chi connectivity index (χ4v) is 1.67. The number of nitrogens with one attached hydrogen (secondary N) is 1. The van der Waals surface area contributed by atoms with Gasteiger partial charge in [0.25, 0.3) is 0 Å². The molecule has 1 atom stereocenters. The Morgan fingerprint density at radius 2 is 2.00 bits per heavy atom. The summed E-state index contributed by atoms with van der Waals surface area (Å²) in [5.41, 5.74) is 0.636. The number of rotatable bonds is 5. The molecular formula is C13H13N3O3. The molecule has 6 heteroatoms. The van der Waals surface area contributed by atoms with Crippen molar-refractivity contribution < 1.29 is 10.0 Å². The molecule has 6 nitrogen and oxygen atoms in total. The van der Waals surface area contributed by atoms with Crippen LogP contribution in [0.4, 0.5) is 11.5 Å². The normalized spacial score (nSPS) is 11.8. The minimum atomic E-state index is -0.747. The Kier molecular flexibility index (Phi) is 4.04. The van der Waals surface area contributed by atoms with Gasteiger partial charge in [-0.1, -0.05) is 30.3 Å². The lowest BCUT2D eigenvalue weighted by Crippen LogP contribution is -2.13. The van der Waals surface area contributed by atoms with E-state index in [1.807, 2.05) is 18.2 Å². The van der Waals surface area contributed by atoms with Crippen molar-refractivity contribution in [3.8, 4) is 0 Å². The van der Waals surface area contributed by atoms with E-state index >= 15 is 0 Å². The SMILES string of the molecule is O=[N+]([O-])c1cccnc1NC[C@H](O)c1ccccc1. The topological polar surface area (TPSA) is 88.3 Å². The highest BCUT2D eigenvalue weighted by molar-refractivity contribution is 5.55. The van der Waals surface area contributed by atoms with Crippen molar-refractivity contribution >= 4 is 11.5 Å². The van der Waals surface area contributed by atoms with Crippen molar-refractivity contribution in [3.05, 3.63) is 64.3 Å². The zero-order valence-electron chi connectivity index (χ0n) is 10.1. The standard InChI is InChI=1S/C13H13N3O3/c17-12(10-5-2-1-3-6-10)9-15-13-11(16(18)19)7-4-8-14-13/h1-8,12,17H,9H2,(H,14,15)/t12-/m0/s1. The molecule has 1 aromatic carbocycles. The molecule has 2 N–H and O–H groups in total. The van der Waals surface area contributed by atoms with Gasteiger partial charge in [0, 0.05) is 18.8 Å². The molecule has 0 aliphatic heterocycles. The van der Waals surface area contributed by atoms with Crippen molar-refractivity contribution in [2.75, 3.05) is 11.9 Å². The maximum absolute atomic E-state index is 10.8. The van der Waals surface area contributed by atoms with Gasteiger partial charge in [-0.25, -0.2) is 4.98 Å². The molecule has 0 spiro atoms. The number of aromatic nitrogens is 1. The van der Waals surface area contributed by atoms with Gasteiger partial charge in [0.1, 0.15) is 0 Å². The molecule has 0 unspecified atom stereocenters. The second-order valence-electron chi connectivity index (χ2n) is 3.94. The smallest absolute Gasteiger partial charge is 0.311 e. The Balaban J connectivity index is 2.05. The summed E-state index contributed by atoms with van der Waals surface area (Å²) in [6.07, 6.45) is 0.715. The van der Waals surface area contributed by atoms with Gasteiger partial charge in [-0.3, -0.25) is 10.1 Å². The highest BCUT2D eigenvalue weighted by Gasteiger charge is 2.15. The second-order valence-corrected chi connectivity index (χ2v) is 3.94. The molecule has 0 radical (unpaired) electrons. The van der Waals surface area contributed by atoms with E-state index in [2.05, 4.69) is 10.3 Å². The van der Waals surface area contributed by atoms with Crippen molar-refractivity contribution in [1.82, 2.24) is 4.98 Å². The number of nitrogens with zero attached hydrogens (tertiary/aromatic N) is 2. The number of hydrogen-bond acceptors (Lipinski definition) is 5. The molecule has 19 heavy (non-hydrogen) atoms. The summed E-state index contributed by atoms with van der Waals surface area (Å²) < 4.78 is 0. The van der Waals surface area contributed by atoms with Crippen LogP contribution in [0.15, 0.2) is 48.7 Å². The molecule has 0 saturated heterocycles. The van der Waals surface area contributed by atoms with E-state index in [1.54, 1.807) is 12.1 Å². The molecule has 0 saturated carbocycles. The lowest BCUT2D eigenvalue weighted by atomic mass is 10.1. The average molecular weight is 259 g/mol.